The highest BCUT2D eigenvalue weighted by molar-refractivity contribution is 5.98. The third kappa shape index (κ3) is 6.74. The van der Waals surface area contributed by atoms with E-state index in [2.05, 4.69) is 32.5 Å². The van der Waals surface area contributed by atoms with E-state index in [9.17, 15) is 9.59 Å². The van der Waals surface area contributed by atoms with Crippen molar-refractivity contribution in [3.05, 3.63) is 41.7 Å². The molecule has 0 aliphatic heterocycles. The summed E-state index contributed by atoms with van der Waals surface area (Å²) in [7, 11) is 0. The van der Waals surface area contributed by atoms with Crippen LogP contribution in [-0.4, -0.2) is 43.3 Å². The number of carbonyl (C=O) groups excluding carboxylic acids is 2. The van der Waals surface area contributed by atoms with Crippen LogP contribution in [0.4, 0.5) is 11.8 Å². The van der Waals surface area contributed by atoms with Gasteiger partial charge in [0.05, 0.1) is 12.9 Å². The van der Waals surface area contributed by atoms with Crippen LogP contribution in [0.2, 0.25) is 0 Å². The van der Waals surface area contributed by atoms with Crippen LogP contribution in [0.5, 0.6) is 0 Å². The van der Waals surface area contributed by atoms with Crippen LogP contribution in [0.3, 0.4) is 0 Å². The average Bonchev–Trinajstić information content (AvgIpc) is 3.15. The van der Waals surface area contributed by atoms with Crippen LogP contribution in [0.25, 0.3) is 11.2 Å². The molecule has 3 aromatic rings. The summed E-state index contributed by atoms with van der Waals surface area (Å²) < 4.78 is 1.91. The fourth-order valence-electron chi connectivity index (χ4n) is 3.38. The maximum absolute atomic E-state index is 12.5. The van der Waals surface area contributed by atoms with Crippen LogP contribution in [-0.2, 0) is 11.3 Å². The van der Waals surface area contributed by atoms with Crippen molar-refractivity contribution in [2.45, 2.75) is 65.5 Å². The van der Waals surface area contributed by atoms with Crippen LogP contribution in [0, 0.1) is 0 Å². The van der Waals surface area contributed by atoms with Gasteiger partial charge >= 0.3 is 0 Å². The first-order valence-electron chi connectivity index (χ1n) is 11.3. The molecule has 0 unspecified atom stereocenters. The van der Waals surface area contributed by atoms with Crippen molar-refractivity contribution in [2.24, 2.45) is 0 Å². The van der Waals surface area contributed by atoms with Gasteiger partial charge in [0.15, 0.2) is 17.2 Å². The van der Waals surface area contributed by atoms with Gasteiger partial charge in [-0.25, -0.2) is 4.98 Å². The maximum atomic E-state index is 12.5. The lowest BCUT2D eigenvalue weighted by atomic mass is 10.0. The second-order valence-electron chi connectivity index (χ2n) is 9.18. The number of aromatic nitrogens is 4. The number of Topliss-reactive ketones (excluding diaryl/α,β-unsaturated/α-hetero) is 1. The molecule has 4 N–H and O–H groups in total. The molecule has 0 aliphatic carbocycles. The number of imidazole rings is 1. The van der Waals surface area contributed by atoms with E-state index in [1.807, 2.05) is 37.5 Å². The average molecular weight is 452 g/mol. The number of nitrogens with two attached hydrogens (primary N) is 1. The molecule has 0 bridgehead atoms. The second kappa shape index (κ2) is 10.4. The zero-order valence-corrected chi connectivity index (χ0v) is 19.8. The number of ketones is 1. The molecule has 0 radical (unpaired) electrons. The number of fused-ring (bicyclic) bond motifs is 1. The lowest BCUT2D eigenvalue weighted by molar-refractivity contribution is -0.122. The van der Waals surface area contributed by atoms with Gasteiger partial charge in [0.2, 0.25) is 11.9 Å². The minimum atomic E-state index is -0.304. The Morgan fingerprint density at radius 3 is 2.48 bits per heavy atom. The Labute approximate surface area is 194 Å². The first-order chi connectivity index (χ1) is 15.7. The molecule has 2 aromatic heterocycles. The fourth-order valence-corrected chi connectivity index (χ4v) is 3.38. The van der Waals surface area contributed by atoms with E-state index in [1.165, 1.54) is 0 Å². The number of hydrogen-bond donors (Lipinski definition) is 3. The van der Waals surface area contributed by atoms with Crippen molar-refractivity contribution in [2.75, 3.05) is 17.6 Å². The molecule has 0 fully saturated rings. The summed E-state index contributed by atoms with van der Waals surface area (Å²) in [5.41, 5.74) is 8.58. The topological polar surface area (TPSA) is 128 Å². The summed E-state index contributed by atoms with van der Waals surface area (Å²) in [6, 6.07) is 7.39. The third-order valence-electron chi connectivity index (χ3n) is 5.03. The molecule has 176 valence electrons. The summed E-state index contributed by atoms with van der Waals surface area (Å²) in [6.07, 6.45) is 4.14. The number of nitrogens with zero attached hydrogens (tertiary/aromatic N) is 4. The Bertz CT molecular complexity index is 1110. The van der Waals surface area contributed by atoms with Crippen molar-refractivity contribution in [3.63, 3.8) is 0 Å². The lowest BCUT2D eigenvalue weighted by Gasteiger charge is -2.20. The van der Waals surface area contributed by atoms with Crippen LogP contribution >= 0.6 is 0 Å². The van der Waals surface area contributed by atoms with Gasteiger partial charge < -0.3 is 20.9 Å². The quantitative estimate of drug-likeness (QED) is 0.318. The van der Waals surface area contributed by atoms with Gasteiger partial charge in [0.25, 0.3) is 0 Å². The zero-order valence-electron chi connectivity index (χ0n) is 19.8. The van der Waals surface area contributed by atoms with E-state index >= 15 is 0 Å². The molecule has 1 amide bonds. The van der Waals surface area contributed by atoms with Gasteiger partial charge in [-0.3, -0.25) is 9.59 Å². The molecule has 0 spiro atoms. The van der Waals surface area contributed by atoms with E-state index < -0.39 is 0 Å². The van der Waals surface area contributed by atoms with Crippen molar-refractivity contribution >= 4 is 34.6 Å². The zero-order chi connectivity index (χ0) is 24.0. The number of hydrogen-bond acceptors (Lipinski definition) is 7. The number of amides is 1. The molecular weight excluding hydrogens is 418 g/mol. The normalized spacial score (nSPS) is 11.5. The molecule has 1 aromatic carbocycles. The fraction of sp³-hybridized carbons (Fsp3) is 0.458. The predicted molar refractivity (Wildman–Crippen MR) is 130 cm³/mol. The van der Waals surface area contributed by atoms with E-state index in [1.54, 1.807) is 18.5 Å². The molecule has 3 rings (SSSR count). The van der Waals surface area contributed by atoms with Crippen LogP contribution in [0.1, 0.15) is 69.3 Å². The summed E-state index contributed by atoms with van der Waals surface area (Å²) >= 11 is 0. The number of carbonyl (C=O) groups is 2. The van der Waals surface area contributed by atoms with Crippen molar-refractivity contribution in [1.29, 1.82) is 0 Å². The first kappa shape index (κ1) is 24.2. The van der Waals surface area contributed by atoms with Gasteiger partial charge in [-0.15, -0.1) is 0 Å². The number of nitrogens with one attached hydrogen (secondary N) is 2. The Kier molecular flexibility index (Phi) is 7.63. The van der Waals surface area contributed by atoms with Crippen molar-refractivity contribution < 1.29 is 9.59 Å². The Balaban J connectivity index is 1.65. The van der Waals surface area contributed by atoms with E-state index in [4.69, 9.17) is 5.73 Å². The first-order valence-corrected chi connectivity index (χ1v) is 11.3. The van der Waals surface area contributed by atoms with Crippen molar-refractivity contribution in [1.82, 2.24) is 24.8 Å². The Hall–Kier alpha value is -3.49. The number of unbranched alkanes of at least 4 members (excludes halogenated alkanes) is 1. The second-order valence-corrected chi connectivity index (χ2v) is 9.18. The molecular formula is C24H33N7O2. The number of nitrogen functional groups attached to an aromatic ring is 1. The molecule has 0 saturated carbocycles. The smallest absolute Gasteiger partial charge is 0.226 e. The van der Waals surface area contributed by atoms with Crippen molar-refractivity contribution in [3.8, 4) is 0 Å². The minimum absolute atomic E-state index is 0.0537. The molecule has 0 atom stereocenters. The highest BCUT2D eigenvalue weighted by atomic mass is 16.2. The maximum Gasteiger partial charge on any atom is 0.226 e. The predicted octanol–water partition coefficient (Wildman–Crippen LogP) is 3.55. The number of benzene rings is 1. The molecule has 9 heteroatoms. The monoisotopic (exact) mass is 451 g/mol. The Morgan fingerprint density at radius 2 is 1.82 bits per heavy atom. The lowest BCUT2D eigenvalue weighted by Crippen LogP contribution is -2.40. The van der Waals surface area contributed by atoms with Crippen LogP contribution in [0.15, 0.2) is 30.6 Å². The van der Waals surface area contributed by atoms with Gasteiger partial charge in [-0.05, 0) is 32.8 Å². The van der Waals surface area contributed by atoms with Gasteiger partial charge in [0, 0.05) is 30.5 Å². The molecule has 0 aliphatic rings. The summed E-state index contributed by atoms with van der Waals surface area (Å²) in [4.78, 5) is 37.7. The summed E-state index contributed by atoms with van der Waals surface area (Å²) in [5.74, 6) is 0.659. The minimum Gasteiger partial charge on any atom is -0.382 e. The van der Waals surface area contributed by atoms with Gasteiger partial charge in [0.1, 0.15) is 5.52 Å². The largest absolute Gasteiger partial charge is 0.382 e. The third-order valence-corrected chi connectivity index (χ3v) is 5.03. The van der Waals surface area contributed by atoms with Gasteiger partial charge in [-0.1, -0.05) is 37.6 Å². The molecule has 2 heterocycles. The Morgan fingerprint density at radius 1 is 1.09 bits per heavy atom. The number of rotatable bonds is 10. The highest BCUT2D eigenvalue weighted by Crippen LogP contribution is 2.20. The SMILES string of the molecule is CCCCNc1nc(N)c2ncn(Cc3ccc(C(=O)CCC(=O)NC(C)(C)C)cc3)c2n1. The van der Waals surface area contributed by atoms with Crippen LogP contribution < -0.4 is 16.4 Å². The molecule has 9 nitrogen and oxygen atoms in total. The van der Waals surface area contributed by atoms with E-state index in [0.717, 1.165) is 24.9 Å². The highest BCUT2D eigenvalue weighted by Gasteiger charge is 2.16. The molecule has 33 heavy (non-hydrogen) atoms. The molecule has 0 saturated heterocycles. The number of anilines is 2. The van der Waals surface area contributed by atoms with Gasteiger partial charge in [-0.2, -0.15) is 9.97 Å². The van der Waals surface area contributed by atoms with E-state index in [-0.39, 0.29) is 30.1 Å². The summed E-state index contributed by atoms with van der Waals surface area (Å²) in [5, 5.41) is 6.08. The standard InChI is InChI=1S/C24H33N7O2/c1-5-6-13-26-23-28-21(25)20-22(29-23)31(15-27-20)14-16-7-9-17(10-8-16)18(32)11-12-19(33)30-24(2,3)4/h7-10,15H,5-6,11-14H2,1-4H3,(H,30,33)(H3,25,26,28,29). The summed E-state index contributed by atoms with van der Waals surface area (Å²) in [6.45, 7) is 9.18. The van der Waals surface area contributed by atoms with E-state index in [0.29, 0.717) is 35.0 Å².